The van der Waals surface area contributed by atoms with Crippen molar-refractivity contribution >= 4 is 27.6 Å². The number of hydrogen-bond donors (Lipinski definition) is 1. The van der Waals surface area contributed by atoms with Crippen LogP contribution in [0.1, 0.15) is 18.0 Å². The normalized spacial score (nSPS) is 13.1. The summed E-state index contributed by atoms with van der Waals surface area (Å²) in [5, 5.41) is 0.537. The average molecular weight is 292 g/mol. The Morgan fingerprint density at radius 1 is 1.39 bits per heavy atom. The zero-order valence-corrected chi connectivity index (χ0v) is 11.6. The van der Waals surface area contributed by atoms with E-state index < -0.39 is 22.0 Å². The first-order chi connectivity index (χ1) is 8.31. The van der Waals surface area contributed by atoms with Crippen LogP contribution in [-0.4, -0.2) is 27.8 Å². The van der Waals surface area contributed by atoms with Gasteiger partial charge in [0.05, 0.1) is 25.8 Å². The van der Waals surface area contributed by atoms with Crippen LogP contribution in [0.3, 0.4) is 0 Å². The molecule has 0 radical (unpaired) electrons. The summed E-state index contributed by atoms with van der Waals surface area (Å²) in [5.74, 6) is -0.494. The SMILES string of the molecule is COC(=O)CC(NS(C)(=O)=O)c1ccc(Cl)cc1. The highest BCUT2D eigenvalue weighted by atomic mass is 35.5. The molecule has 0 aliphatic rings. The molecule has 1 N–H and O–H groups in total. The topological polar surface area (TPSA) is 72.5 Å². The quantitative estimate of drug-likeness (QED) is 0.834. The molecule has 1 atom stereocenters. The van der Waals surface area contributed by atoms with E-state index in [0.717, 1.165) is 6.26 Å². The molecule has 1 aromatic rings. The molecule has 7 heteroatoms. The monoisotopic (exact) mass is 291 g/mol. The van der Waals surface area contributed by atoms with E-state index in [4.69, 9.17) is 11.6 Å². The minimum Gasteiger partial charge on any atom is -0.469 e. The highest BCUT2D eigenvalue weighted by Gasteiger charge is 2.20. The third-order valence-corrected chi connectivity index (χ3v) is 3.19. The van der Waals surface area contributed by atoms with Crippen LogP contribution in [0.5, 0.6) is 0 Å². The van der Waals surface area contributed by atoms with E-state index in [1.54, 1.807) is 24.3 Å². The fourth-order valence-corrected chi connectivity index (χ4v) is 2.29. The molecule has 1 rings (SSSR count). The molecule has 0 aliphatic carbocycles. The van der Waals surface area contributed by atoms with Crippen LogP contribution >= 0.6 is 11.6 Å². The standard InChI is InChI=1S/C11H14ClNO4S/c1-17-11(14)7-10(13-18(2,15)16)8-3-5-9(12)6-4-8/h3-6,10,13H,7H2,1-2H3. The van der Waals surface area contributed by atoms with Crippen molar-refractivity contribution in [1.29, 1.82) is 0 Å². The summed E-state index contributed by atoms with van der Waals surface area (Å²) >= 11 is 5.75. The first-order valence-corrected chi connectivity index (χ1v) is 7.38. The first kappa shape index (κ1) is 14.9. The number of methoxy groups -OCH3 is 1. The maximum atomic E-state index is 11.3. The lowest BCUT2D eigenvalue weighted by atomic mass is 10.1. The van der Waals surface area contributed by atoms with Gasteiger partial charge < -0.3 is 4.74 Å². The molecule has 100 valence electrons. The number of benzene rings is 1. The smallest absolute Gasteiger partial charge is 0.307 e. The first-order valence-electron chi connectivity index (χ1n) is 5.11. The molecule has 1 unspecified atom stereocenters. The second-order valence-corrected chi connectivity index (χ2v) is 5.99. The Balaban J connectivity index is 2.96. The fraction of sp³-hybridized carbons (Fsp3) is 0.364. The molecule has 5 nitrogen and oxygen atoms in total. The minimum absolute atomic E-state index is 0.0782. The van der Waals surface area contributed by atoms with E-state index >= 15 is 0 Å². The summed E-state index contributed by atoms with van der Waals surface area (Å²) in [6.07, 6.45) is 0.957. The number of rotatable bonds is 5. The Kier molecular flexibility index (Phi) is 5.13. The lowest BCUT2D eigenvalue weighted by Gasteiger charge is -2.16. The van der Waals surface area contributed by atoms with Crippen LogP contribution in [0.2, 0.25) is 5.02 Å². The average Bonchev–Trinajstić information content (AvgIpc) is 2.27. The molecule has 0 amide bonds. The number of halogens is 1. The predicted octanol–water partition coefficient (Wildman–Crippen LogP) is 1.49. The molecule has 0 saturated carbocycles. The van der Waals surface area contributed by atoms with Crippen LogP contribution in [0.4, 0.5) is 0 Å². The second kappa shape index (κ2) is 6.17. The molecule has 0 aliphatic heterocycles. The van der Waals surface area contributed by atoms with E-state index in [1.165, 1.54) is 7.11 Å². The number of esters is 1. The number of ether oxygens (including phenoxy) is 1. The van der Waals surface area contributed by atoms with Crippen LogP contribution in [-0.2, 0) is 19.6 Å². The van der Waals surface area contributed by atoms with Gasteiger partial charge in [0.25, 0.3) is 0 Å². The van der Waals surface area contributed by atoms with Crippen molar-refractivity contribution in [3.05, 3.63) is 34.9 Å². The molecule has 0 bridgehead atoms. The summed E-state index contributed by atoms with van der Waals surface area (Å²) in [4.78, 5) is 11.3. The van der Waals surface area contributed by atoms with Gasteiger partial charge in [-0.2, -0.15) is 0 Å². The largest absolute Gasteiger partial charge is 0.469 e. The van der Waals surface area contributed by atoms with Crippen molar-refractivity contribution in [3.8, 4) is 0 Å². The number of carbonyl (C=O) groups is 1. The highest BCUT2D eigenvalue weighted by Crippen LogP contribution is 2.20. The number of nitrogens with one attached hydrogen (secondary N) is 1. The Labute approximate surface area is 111 Å². The van der Waals surface area contributed by atoms with Gasteiger partial charge in [-0.1, -0.05) is 23.7 Å². The zero-order chi connectivity index (χ0) is 13.8. The van der Waals surface area contributed by atoms with E-state index in [9.17, 15) is 13.2 Å². The van der Waals surface area contributed by atoms with Crippen molar-refractivity contribution in [2.75, 3.05) is 13.4 Å². The molecular weight excluding hydrogens is 278 g/mol. The molecule has 0 aromatic heterocycles. The minimum atomic E-state index is -3.43. The number of hydrogen-bond acceptors (Lipinski definition) is 4. The summed E-state index contributed by atoms with van der Waals surface area (Å²) in [7, 11) is -2.17. The Hall–Kier alpha value is -1.11. The molecule has 18 heavy (non-hydrogen) atoms. The van der Waals surface area contributed by atoms with Gasteiger partial charge in [-0.05, 0) is 17.7 Å². The van der Waals surface area contributed by atoms with Gasteiger partial charge in [0.2, 0.25) is 10.0 Å². The summed E-state index contributed by atoms with van der Waals surface area (Å²) in [5.41, 5.74) is 0.648. The van der Waals surface area contributed by atoms with Crippen molar-refractivity contribution < 1.29 is 17.9 Å². The maximum Gasteiger partial charge on any atom is 0.307 e. The van der Waals surface area contributed by atoms with Crippen LogP contribution < -0.4 is 4.72 Å². The maximum absolute atomic E-state index is 11.3. The molecule has 1 aromatic carbocycles. The van der Waals surface area contributed by atoms with Gasteiger partial charge in [0, 0.05) is 5.02 Å². The Bertz CT molecular complexity index is 512. The number of carbonyl (C=O) groups excluding carboxylic acids is 1. The van der Waals surface area contributed by atoms with Crippen LogP contribution in [0.15, 0.2) is 24.3 Å². The molecule has 0 saturated heterocycles. The van der Waals surface area contributed by atoms with Crippen molar-refractivity contribution in [3.63, 3.8) is 0 Å². The fourth-order valence-electron chi connectivity index (χ4n) is 1.43. The predicted molar refractivity (Wildman–Crippen MR) is 68.8 cm³/mol. The number of sulfonamides is 1. The van der Waals surface area contributed by atoms with E-state index in [0.29, 0.717) is 10.6 Å². The van der Waals surface area contributed by atoms with Gasteiger partial charge in [0.15, 0.2) is 0 Å². The van der Waals surface area contributed by atoms with Gasteiger partial charge in [-0.15, -0.1) is 0 Å². The Morgan fingerprint density at radius 2 is 1.94 bits per heavy atom. The van der Waals surface area contributed by atoms with Gasteiger partial charge >= 0.3 is 5.97 Å². The lowest BCUT2D eigenvalue weighted by molar-refractivity contribution is -0.141. The summed E-state index contributed by atoms with van der Waals surface area (Å²) in [6.45, 7) is 0. The highest BCUT2D eigenvalue weighted by molar-refractivity contribution is 7.88. The summed E-state index contributed by atoms with van der Waals surface area (Å²) in [6, 6.07) is 5.92. The van der Waals surface area contributed by atoms with Gasteiger partial charge in [-0.25, -0.2) is 13.1 Å². The van der Waals surface area contributed by atoms with E-state index in [1.807, 2.05) is 0 Å². The van der Waals surface area contributed by atoms with Gasteiger partial charge in [0.1, 0.15) is 0 Å². The van der Waals surface area contributed by atoms with Crippen LogP contribution in [0.25, 0.3) is 0 Å². The van der Waals surface area contributed by atoms with E-state index in [-0.39, 0.29) is 6.42 Å². The van der Waals surface area contributed by atoms with Crippen molar-refractivity contribution in [2.45, 2.75) is 12.5 Å². The second-order valence-electron chi connectivity index (χ2n) is 3.77. The summed E-state index contributed by atoms with van der Waals surface area (Å²) < 4.78 is 29.5. The third-order valence-electron chi connectivity index (χ3n) is 2.23. The molecule has 0 fully saturated rings. The molecule has 0 spiro atoms. The Morgan fingerprint density at radius 3 is 2.39 bits per heavy atom. The van der Waals surface area contributed by atoms with Crippen LogP contribution in [0, 0.1) is 0 Å². The third kappa shape index (κ3) is 5.03. The van der Waals surface area contributed by atoms with Crippen molar-refractivity contribution in [1.82, 2.24) is 4.72 Å². The zero-order valence-electron chi connectivity index (χ0n) is 10.0. The molecule has 0 heterocycles. The molecular formula is C11H14ClNO4S. The van der Waals surface area contributed by atoms with Crippen molar-refractivity contribution in [2.24, 2.45) is 0 Å². The lowest BCUT2D eigenvalue weighted by Crippen LogP contribution is -2.29. The van der Waals surface area contributed by atoms with Gasteiger partial charge in [-0.3, -0.25) is 4.79 Å². The van der Waals surface area contributed by atoms with E-state index in [2.05, 4.69) is 9.46 Å².